The Morgan fingerprint density at radius 1 is 1.05 bits per heavy atom. The van der Waals surface area contributed by atoms with Crippen LogP contribution in [0.1, 0.15) is 33.7 Å². The molecule has 0 unspecified atom stereocenters. The number of aromatic nitrogens is 3. The normalized spacial score (nSPS) is 14.8. The zero-order valence-electron chi connectivity index (χ0n) is 23.3. The summed E-state index contributed by atoms with van der Waals surface area (Å²) in [6.07, 6.45) is 1.25. The number of carbonyl (C=O) groups is 1. The van der Waals surface area contributed by atoms with E-state index in [1.54, 1.807) is 42.5 Å². The third-order valence-electron chi connectivity index (χ3n) is 7.87. The van der Waals surface area contributed by atoms with E-state index in [1.165, 1.54) is 24.3 Å². The molecule has 216 valence electrons. The Labute approximate surface area is 246 Å². The van der Waals surface area contributed by atoms with Gasteiger partial charge in [0, 0.05) is 36.2 Å². The number of halogens is 2. The first-order valence-electron chi connectivity index (χ1n) is 13.8. The van der Waals surface area contributed by atoms with E-state index < -0.39 is 17.6 Å². The Hall–Kier alpha value is -5.14. The lowest BCUT2D eigenvalue weighted by Gasteiger charge is -2.38. The van der Waals surface area contributed by atoms with Gasteiger partial charge in [-0.05, 0) is 62.0 Å². The Kier molecular flexibility index (Phi) is 7.57. The average molecular weight is 580 g/mol. The molecule has 43 heavy (non-hydrogen) atoms. The number of aromatic carboxylic acids is 1. The van der Waals surface area contributed by atoms with Crippen molar-refractivity contribution in [2.75, 3.05) is 13.6 Å². The quantitative estimate of drug-likeness (QED) is 0.201. The first kappa shape index (κ1) is 28.0. The standard InChI is InChI=1S/C33H27F2N5O3/c1-36-24-10-8-23(27(35)17-24)19-43-32-5-3-4-28(38-32)21-7-6-20(26(34)14-21)16-31-37-29-11-9-22(33(41)42)15-30(29)40(31)18-25-12-13-39(25)2/h3-11,14-15,17,25H,12-13,16,18-19H2,2H3,(H,41,42)/t25-/m0/s1. The summed E-state index contributed by atoms with van der Waals surface area (Å²) >= 11 is 0. The largest absolute Gasteiger partial charge is 0.478 e. The van der Waals surface area contributed by atoms with Crippen molar-refractivity contribution < 1.29 is 23.4 Å². The fourth-order valence-electron chi connectivity index (χ4n) is 5.21. The van der Waals surface area contributed by atoms with Crippen LogP contribution >= 0.6 is 0 Å². The van der Waals surface area contributed by atoms with Gasteiger partial charge in [-0.25, -0.2) is 28.4 Å². The molecule has 1 N–H and O–H groups in total. The van der Waals surface area contributed by atoms with Crippen LogP contribution in [0.25, 0.3) is 27.1 Å². The molecular weight excluding hydrogens is 552 g/mol. The predicted molar refractivity (Wildman–Crippen MR) is 157 cm³/mol. The topological polar surface area (TPSA) is 84.8 Å². The monoisotopic (exact) mass is 579 g/mol. The summed E-state index contributed by atoms with van der Waals surface area (Å²) in [5.41, 5.74) is 3.57. The molecule has 0 amide bonds. The van der Waals surface area contributed by atoms with E-state index in [-0.39, 0.29) is 30.2 Å². The fraction of sp³-hybridized carbons (Fsp3) is 0.212. The summed E-state index contributed by atoms with van der Waals surface area (Å²) in [4.78, 5) is 26.3. The van der Waals surface area contributed by atoms with E-state index in [0.29, 0.717) is 46.3 Å². The van der Waals surface area contributed by atoms with Crippen molar-refractivity contribution in [1.29, 1.82) is 0 Å². The van der Waals surface area contributed by atoms with Gasteiger partial charge in [-0.1, -0.05) is 30.3 Å². The summed E-state index contributed by atoms with van der Waals surface area (Å²) in [6.45, 7) is 8.56. The molecule has 1 aliphatic rings. The second-order valence-corrected chi connectivity index (χ2v) is 10.6. The van der Waals surface area contributed by atoms with Crippen molar-refractivity contribution in [3.05, 3.63) is 118 Å². The van der Waals surface area contributed by atoms with Crippen LogP contribution in [0, 0.1) is 18.2 Å². The smallest absolute Gasteiger partial charge is 0.335 e. The molecule has 0 aliphatic carbocycles. The summed E-state index contributed by atoms with van der Waals surface area (Å²) in [7, 11) is 2.05. The predicted octanol–water partition coefficient (Wildman–Crippen LogP) is 6.50. The number of benzene rings is 3. The van der Waals surface area contributed by atoms with Gasteiger partial charge in [-0.2, -0.15) is 0 Å². The highest BCUT2D eigenvalue weighted by atomic mass is 19.1. The SMILES string of the molecule is [C-]#[N+]c1ccc(COc2cccc(-c3ccc(Cc4nc5ccc(C(=O)O)cc5n4C[C@@H]4CCN4C)c(F)c3)n2)c(F)c1. The molecule has 3 aromatic carbocycles. The fourth-order valence-corrected chi connectivity index (χ4v) is 5.21. The minimum absolute atomic E-state index is 0.0700. The summed E-state index contributed by atoms with van der Waals surface area (Å²) in [6, 6.07) is 19.3. The summed E-state index contributed by atoms with van der Waals surface area (Å²) < 4.78 is 37.4. The van der Waals surface area contributed by atoms with Gasteiger partial charge in [0.2, 0.25) is 5.88 Å². The second kappa shape index (κ2) is 11.6. The molecular formula is C33H27F2N5O3. The minimum atomic E-state index is -1.01. The van der Waals surface area contributed by atoms with Crippen LogP contribution in [0.4, 0.5) is 14.5 Å². The van der Waals surface area contributed by atoms with Crippen LogP contribution in [0.15, 0.2) is 72.8 Å². The first-order valence-corrected chi connectivity index (χ1v) is 13.8. The van der Waals surface area contributed by atoms with Crippen LogP contribution in [0.3, 0.4) is 0 Å². The molecule has 0 saturated carbocycles. The number of rotatable bonds is 9. The van der Waals surface area contributed by atoms with Crippen molar-refractivity contribution in [2.24, 2.45) is 0 Å². The van der Waals surface area contributed by atoms with E-state index in [2.05, 4.69) is 14.7 Å². The maximum absolute atomic E-state index is 15.5. The van der Waals surface area contributed by atoms with Crippen LogP contribution in [0.5, 0.6) is 5.88 Å². The third-order valence-corrected chi connectivity index (χ3v) is 7.87. The molecule has 1 atom stereocenters. The van der Waals surface area contributed by atoms with Gasteiger partial charge in [0.15, 0.2) is 5.69 Å². The van der Waals surface area contributed by atoms with Crippen molar-refractivity contribution in [3.8, 4) is 17.1 Å². The number of likely N-dealkylation sites (N-methyl/N-ethyl adjacent to an activating group) is 1. The van der Waals surface area contributed by atoms with Crippen LogP contribution in [0.2, 0.25) is 0 Å². The molecule has 8 nitrogen and oxygen atoms in total. The number of carboxylic acids is 1. The van der Waals surface area contributed by atoms with Gasteiger partial charge in [0.25, 0.3) is 0 Å². The molecule has 0 radical (unpaired) electrons. The Bertz CT molecular complexity index is 1900. The summed E-state index contributed by atoms with van der Waals surface area (Å²) in [5, 5.41) is 9.52. The average Bonchev–Trinajstić information content (AvgIpc) is 3.35. The number of nitrogens with zero attached hydrogens (tertiary/aromatic N) is 5. The van der Waals surface area contributed by atoms with E-state index in [9.17, 15) is 14.3 Å². The highest BCUT2D eigenvalue weighted by Crippen LogP contribution is 2.28. The molecule has 1 saturated heterocycles. The first-order chi connectivity index (χ1) is 20.8. The zero-order valence-corrected chi connectivity index (χ0v) is 23.3. The van der Waals surface area contributed by atoms with E-state index in [4.69, 9.17) is 16.3 Å². The Morgan fingerprint density at radius 2 is 1.86 bits per heavy atom. The number of ether oxygens (including phenoxy) is 1. The van der Waals surface area contributed by atoms with Gasteiger partial charge in [-0.3, -0.25) is 0 Å². The molecule has 5 aromatic rings. The van der Waals surface area contributed by atoms with Crippen LogP contribution in [-0.4, -0.2) is 50.1 Å². The number of hydrogen-bond donors (Lipinski definition) is 1. The van der Waals surface area contributed by atoms with Gasteiger partial charge < -0.3 is 19.3 Å². The maximum atomic E-state index is 15.5. The molecule has 0 bridgehead atoms. The Balaban J connectivity index is 1.23. The molecule has 3 heterocycles. The molecule has 10 heteroatoms. The van der Waals surface area contributed by atoms with Crippen molar-refractivity contribution in [3.63, 3.8) is 0 Å². The maximum Gasteiger partial charge on any atom is 0.335 e. The lowest BCUT2D eigenvalue weighted by Crippen LogP contribution is -2.47. The van der Waals surface area contributed by atoms with Gasteiger partial charge in [0.05, 0.1) is 28.9 Å². The minimum Gasteiger partial charge on any atom is -0.478 e. The molecule has 0 spiro atoms. The number of hydrogen-bond acceptors (Lipinski definition) is 5. The van der Waals surface area contributed by atoms with E-state index in [1.807, 2.05) is 11.6 Å². The molecule has 2 aromatic heterocycles. The number of imidazole rings is 1. The molecule has 1 aliphatic heterocycles. The third kappa shape index (κ3) is 5.80. The highest BCUT2D eigenvalue weighted by Gasteiger charge is 2.26. The van der Waals surface area contributed by atoms with Crippen molar-refractivity contribution in [2.45, 2.75) is 32.0 Å². The second-order valence-electron chi connectivity index (χ2n) is 10.6. The Morgan fingerprint density at radius 3 is 2.56 bits per heavy atom. The van der Waals surface area contributed by atoms with Crippen molar-refractivity contribution >= 4 is 22.7 Å². The van der Waals surface area contributed by atoms with Crippen LogP contribution < -0.4 is 4.74 Å². The summed E-state index contributed by atoms with van der Waals surface area (Å²) in [5.74, 6) is -1.04. The lowest BCUT2D eigenvalue weighted by molar-refractivity contribution is 0.0697. The van der Waals surface area contributed by atoms with Gasteiger partial charge in [0.1, 0.15) is 24.1 Å². The van der Waals surface area contributed by atoms with Gasteiger partial charge >= 0.3 is 5.97 Å². The van der Waals surface area contributed by atoms with Crippen molar-refractivity contribution in [1.82, 2.24) is 19.4 Å². The van der Waals surface area contributed by atoms with Gasteiger partial charge in [-0.15, -0.1) is 0 Å². The number of carboxylic acid groups (broad SMARTS) is 1. The van der Waals surface area contributed by atoms with E-state index >= 15 is 4.39 Å². The van der Waals surface area contributed by atoms with E-state index in [0.717, 1.165) is 24.5 Å². The number of fused-ring (bicyclic) bond motifs is 1. The highest BCUT2D eigenvalue weighted by molar-refractivity contribution is 5.92. The zero-order chi connectivity index (χ0) is 30.1. The molecule has 6 rings (SSSR count). The van der Waals surface area contributed by atoms with Crippen LogP contribution in [-0.2, 0) is 19.6 Å². The lowest BCUT2D eigenvalue weighted by atomic mass is 10.0. The number of pyridine rings is 1. The number of likely N-dealkylation sites (tertiary alicyclic amines) is 1. The molecule has 1 fully saturated rings.